The van der Waals surface area contributed by atoms with Crippen LogP contribution in [-0.4, -0.2) is 74.5 Å². The smallest absolute Gasteiger partial charge is 0.157 e. The third-order valence-electron chi connectivity index (χ3n) is 7.31. The van der Waals surface area contributed by atoms with Crippen molar-refractivity contribution in [2.24, 2.45) is 0 Å². The lowest BCUT2D eigenvalue weighted by molar-refractivity contribution is 0.0610. The molecule has 0 bridgehead atoms. The third-order valence-corrected chi connectivity index (χ3v) is 7.56. The lowest BCUT2D eigenvalue weighted by Crippen LogP contribution is -2.58. The normalized spacial score (nSPS) is 20.7. The molecule has 34 heavy (non-hydrogen) atoms. The second-order valence-corrected chi connectivity index (χ2v) is 9.92. The maximum atomic E-state index is 6.04. The molecule has 2 fully saturated rings. The van der Waals surface area contributed by atoms with Crippen LogP contribution in [0.5, 0.6) is 0 Å². The molecule has 3 aromatic rings. The van der Waals surface area contributed by atoms with E-state index in [4.69, 9.17) is 21.6 Å². The van der Waals surface area contributed by atoms with Gasteiger partial charge >= 0.3 is 0 Å². The Labute approximate surface area is 207 Å². The molecule has 0 unspecified atom stereocenters. The fourth-order valence-electron chi connectivity index (χ4n) is 5.47. The minimum absolute atomic E-state index is 0.549. The summed E-state index contributed by atoms with van der Waals surface area (Å²) in [7, 11) is 0. The summed E-state index contributed by atoms with van der Waals surface area (Å²) >= 11 is 6.04. The maximum Gasteiger partial charge on any atom is 0.157 e. The van der Waals surface area contributed by atoms with Crippen LogP contribution in [0.15, 0.2) is 42.9 Å². The Balaban J connectivity index is 1.18. The summed E-state index contributed by atoms with van der Waals surface area (Å²) in [6.45, 7) is 10.8. The predicted molar refractivity (Wildman–Crippen MR) is 137 cm³/mol. The molecule has 2 aliphatic rings. The van der Waals surface area contributed by atoms with E-state index >= 15 is 0 Å². The second kappa shape index (κ2) is 10.4. The Kier molecular flexibility index (Phi) is 7.13. The average Bonchev–Trinajstić information content (AvgIpc) is 3.41. The van der Waals surface area contributed by atoms with Gasteiger partial charge in [-0.2, -0.15) is 0 Å². The summed E-state index contributed by atoms with van der Waals surface area (Å²) in [4.78, 5) is 24.8. The Morgan fingerprint density at radius 2 is 1.85 bits per heavy atom. The molecule has 0 radical (unpaired) electrons. The summed E-state index contributed by atoms with van der Waals surface area (Å²) in [5.74, 6) is 1.77. The highest BCUT2D eigenvalue weighted by Gasteiger charge is 2.34. The van der Waals surface area contributed by atoms with E-state index in [0.717, 1.165) is 73.7 Å². The fourth-order valence-corrected chi connectivity index (χ4v) is 5.59. The number of aromatic amines is 1. The van der Waals surface area contributed by atoms with Gasteiger partial charge in [0.05, 0.1) is 11.9 Å². The van der Waals surface area contributed by atoms with Crippen molar-refractivity contribution in [3.63, 3.8) is 0 Å². The number of anilines is 1. The van der Waals surface area contributed by atoms with Crippen LogP contribution in [0.2, 0.25) is 5.02 Å². The van der Waals surface area contributed by atoms with E-state index in [2.05, 4.69) is 50.6 Å². The number of aromatic nitrogens is 4. The molecule has 1 atom stereocenters. The van der Waals surface area contributed by atoms with Gasteiger partial charge < -0.3 is 9.88 Å². The SMILES string of the molecule is CC[C@H]1CN(c2ncc(-c3ncc[nH]3)nc2C)CCN1C1CCN(Cc2ccc(Cl)cc2)CC1. The summed E-state index contributed by atoms with van der Waals surface area (Å²) in [6.07, 6.45) is 9.02. The van der Waals surface area contributed by atoms with Gasteiger partial charge in [0.2, 0.25) is 0 Å². The molecule has 1 aromatic carbocycles. The van der Waals surface area contributed by atoms with Crippen molar-refractivity contribution in [3.05, 3.63) is 59.1 Å². The number of rotatable bonds is 6. The molecule has 2 saturated heterocycles. The molecule has 0 amide bonds. The Bertz CT molecular complexity index is 1060. The van der Waals surface area contributed by atoms with Gasteiger partial charge in [0, 0.05) is 55.7 Å². The zero-order chi connectivity index (χ0) is 23.5. The minimum atomic E-state index is 0.549. The van der Waals surface area contributed by atoms with E-state index in [-0.39, 0.29) is 0 Å². The second-order valence-electron chi connectivity index (χ2n) is 9.48. The van der Waals surface area contributed by atoms with Gasteiger partial charge in [-0.05, 0) is 57.0 Å². The summed E-state index contributed by atoms with van der Waals surface area (Å²) < 4.78 is 0. The number of halogens is 1. The van der Waals surface area contributed by atoms with Gasteiger partial charge in [-0.3, -0.25) is 9.80 Å². The number of nitrogens with zero attached hydrogens (tertiary/aromatic N) is 6. The molecule has 0 aliphatic carbocycles. The molecule has 5 rings (SSSR count). The van der Waals surface area contributed by atoms with Crippen LogP contribution in [-0.2, 0) is 6.54 Å². The highest BCUT2D eigenvalue weighted by Crippen LogP contribution is 2.27. The number of benzene rings is 1. The standard InChI is InChI=1S/C26H34ClN7/c1-3-22-18-33(26-19(2)31-24(16-30-26)25-28-10-11-29-25)14-15-34(22)23-8-12-32(13-9-23)17-20-4-6-21(27)7-5-20/h4-7,10-11,16,22-23H,3,8-9,12-15,17-18H2,1-2H3,(H,28,29)/t22-/m0/s1. The summed E-state index contributed by atoms with van der Waals surface area (Å²) in [5, 5.41) is 0.807. The fraction of sp³-hybridized carbons (Fsp3) is 0.500. The quantitative estimate of drug-likeness (QED) is 0.565. The minimum Gasteiger partial charge on any atom is -0.352 e. The number of aryl methyl sites for hydroxylation is 1. The monoisotopic (exact) mass is 479 g/mol. The molecule has 180 valence electrons. The molecular formula is C26H34ClN7. The van der Waals surface area contributed by atoms with E-state index in [0.29, 0.717) is 12.1 Å². The van der Waals surface area contributed by atoms with Crippen molar-refractivity contribution < 1.29 is 0 Å². The van der Waals surface area contributed by atoms with Crippen LogP contribution >= 0.6 is 11.6 Å². The molecule has 0 spiro atoms. The number of H-pyrrole nitrogens is 1. The van der Waals surface area contributed by atoms with Crippen molar-refractivity contribution in [2.75, 3.05) is 37.6 Å². The summed E-state index contributed by atoms with van der Waals surface area (Å²) in [5.41, 5.74) is 3.10. The van der Waals surface area contributed by atoms with Gasteiger partial charge in [-0.1, -0.05) is 30.7 Å². The van der Waals surface area contributed by atoms with Crippen LogP contribution in [0.3, 0.4) is 0 Å². The van der Waals surface area contributed by atoms with Gasteiger partial charge in [-0.25, -0.2) is 15.0 Å². The maximum absolute atomic E-state index is 6.04. The van der Waals surface area contributed by atoms with E-state index in [1.807, 2.05) is 24.5 Å². The number of hydrogen-bond donors (Lipinski definition) is 1. The average molecular weight is 480 g/mol. The zero-order valence-electron chi connectivity index (χ0n) is 20.1. The lowest BCUT2D eigenvalue weighted by Gasteiger charge is -2.47. The topological polar surface area (TPSA) is 64.2 Å². The first-order valence-electron chi connectivity index (χ1n) is 12.4. The molecule has 7 nitrogen and oxygen atoms in total. The number of nitrogens with one attached hydrogen (secondary N) is 1. The molecular weight excluding hydrogens is 446 g/mol. The van der Waals surface area contributed by atoms with Crippen LogP contribution in [0.25, 0.3) is 11.5 Å². The van der Waals surface area contributed by atoms with Crippen molar-refractivity contribution in [1.29, 1.82) is 0 Å². The van der Waals surface area contributed by atoms with E-state index in [9.17, 15) is 0 Å². The van der Waals surface area contributed by atoms with Gasteiger partial charge in [0.1, 0.15) is 11.5 Å². The number of likely N-dealkylation sites (tertiary alicyclic amines) is 1. The number of imidazole rings is 1. The number of piperidine rings is 1. The summed E-state index contributed by atoms with van der Waals surface area (Å²) in [6, 6.07) is 9.49. The molecule has 2 aliphatic heterocycles. The lowest BCUT2D eigenvalue weighted by atomic mass is 9.97. The van der Waals surface area contributed by atoms with E-state index < -0.39 is 0 Å². The molecule has 2 aromatic heterocycles. The zero-order valence-corrected chi connectivity index (χ0v) is 20.9. The first-order chi connectivity index (χ1) is 16.6. The van der Waals surface area contributed by atoms with Crippen molar-refractivity contribution in [3.8, 4) is 11.5 Å². The molecule has 0 saturated carbocycles. The molecule has 4 heterocycles. The Morgan fingerprint density at radius 1 is 1.06 bits per heavy atom. The van der Waals surface area contributed by atoms with Crippen molar-refractivity contribution >= 4 is 17.4 Å². The Hall–Kier alpha value is -2.48. The predicted octanol–water partition coefficient (Wildman–Crippen LogP) is 4.39. The molecule has 1 N–H and O–H groups in total. The first kappa shape index (κ1) is 23.3. The third kappa shape index (κ3) is 5.11. The van der Waals surface area contributed by atoms with Crippen LogP contribution in [0.4, 0.5) is 5.82 Å². The molecule has 8 heteroatoms. The van der Waals surface area contributed by atoms with Crippen LogP contribution in [0, 0.1) is 6.92 Å². The van der Waals surface area contributed by atoms with Gasteiger partial charge in [-0.15, -0.1) is 0 Å². The Morgan fingerprint density at radius 3 is 2.53 bits per heavy atom. The van der Waals surface area contributed by atoms with E-state index in [1.54, 1.807) is 6.20 Å². The van der Waals surface area contributed by atoms with Crippen LogP contribution < -0.4 is 4.90 Å². The van der Waals surface area contributed by atoms with Crippen LogP contribution in [0.1, 0.15) is 37.4 Å². The van der Waals surface area contributed by atoms with Crippen molar-refractivity contribution in [2.45, 2.75) is 51.7 Å². The van der Waals surface area contributed by atoms with Gasteiger partial charge in [0.15, 0.2) is 5.82 Å². The van der Waals surface area contributed by atoms with Crippen molar-refractivity contribution in [1.82, 2.24) is 29.7 Å². The number of hydrogen-bond acceptors (Lipinski definition) is 6. The highest BCUT2D eigenvalue weighted by molar-refractivity contribution is 6.30. The number of piperazine rings is 1. The largest absolute Gasteiger partial charge is 0.352 e. The van der Waals surface area contributed by atoms with E-state index in [1.165, 1.54) is 18.4 Å². The van der Waals surface area contributed by atoms with Gasteiger partial charge in [0.25, 0.3) is 0 Å². The first-order valence-corrected chi connectivity index (χ1v) is 12.8. The highest BCUT2D eigenvalue weighted by atomic mass is 35.5.